The molecule has 1 N–H and O–H groups in total. The van der Waals surface area contributed by atoms with Gasteiger partial charge in [0.25, 0.3) is 0 Å². The Balaban J connectivity index is 1.19. The van der Waals surface area contributed by atoms with E-state index < -0.39 is 0 Å². The van der Waals surface area contributed by atoms with Crippen LogP contribution >= 0.6 is 0 Å². The molecule has 0 fully saturated rings. The van der Waals surface area contributed by atoms with Crippen molar-refractivity contribution in [3.05, 3.63) is 211 Å². The van der Waals surface area contributed by atoms with Crippen molar-refractivity contribution >= 4 is 55.4 Å². The van der Waals surface area contributed by atoms with Crippen molar-refractivity contribution in [3.8, 4) is 27.9 Å². The minimum Gasteiger partial charge on any atom is -0.456 e. The third kappa shape index (κ3) is 5.32. The highest BCUT2D eigenvalue weighted by molar-refractivity contribution is 6.23. The molecule has 11 rings (SSSR count). The molecule has 0 aliphatic carbocycles. The number of para-hydroxylation sites is 2. The van der Waals surface area contributed by atoms with Crippen LogP contribution in [0, 0.1) is 0 Å². The number of hydrogen-bond donors (Lipinski definition) is 1. The molecule has 0 bridgehead atoms. The largest absolute Gasteiger partial charge is 0.456 e. The average molecular weight is 719 g/mol. The third-order valence-corrected chi connectivity index (χ3v) is 10.8. The summed E-state index contributed by atoms with van der Waals surface area (Å²) in [6.45, 7) is 0. The van der Waals surface area contributed by atoms with Crippen molar-refractivity contribution < 1.29 is 4.42 Å². The number of amidine groups is 2. The van der Waals surface area contributed by atoms with E-state index in [1.54, 1.807) is 0 Å². The molecule has 0 radical (unpaired) electrons. The molecular weight excluding hydrogens is 685 g/mol. The molecule has 0 saturated heterocycles. The first-order valence-corrected chi connectivity index (χ1v) is 18.9. The van der Waals surface area contributed by atoms with E-state index in [1.165, 1.54) is 21.9 Å². The Hall–Kier alpha value is -7.50. The zero-order valence-electron chi connectivity index (χ0n) is 30.3. The van der Waals surface area contributed by atoms with E-state index in [4.69, 9.17) is 14.4 Å². The Bertz CT molecular complexity index is 3140. The van der Waals surface area contributed by atoms with Gasteiger partial charge in [-0.1, -0.05) is 152 Å². The summed E-state index contributed by atoms with van der Waals surface area (Å²) in [4.78, 5) is 10.3. The lowest BCUT2D eigenvalue weighted by molar-refractivity contribution is 0.666. The van der Waals surface area contributed by atoms with Crippen molar-refractivity contribution in [3.63, 3.8) is 0 Å². The smallest absolute Gasteiger partial charge is 0.159 e. The fourth-order valence-electron chi connectivity index (χ4n) is 8.28. The lowest BCUT2D eigenvalue weighted by Gasteiger charge is -2.24. The average Bonchev–Trinajstić information content (AvgIpc) is 3.83. The zero-order chi connectivity index (χ0) is 37.0. The van der Waals surface area contributed by atoms with Crippen LogP contribution in [0.25, 0.3) is 71.7 Å². The maximum Gasteiger partial charge on any atom is 0.159 e. The minimum atomic E-state index is -0.320. The molecular formula is C51H34N4O. The fourth-order valence-corrected chi connectivity index (χ4v) is 8.28. The van der Waals surface area contributed by atoms with Crippen LogP contribution in [-0.4, -0.2) is 16.2 Å². The normalized spacial score (nSPS) is 14.2. The molecule has 1 aliphatic rings. The molecule has 264 valence electrons. The van der Waals surface area contributed by atoms with Gasteiger partial charge in [0.2, 0.25) is 0 Å². The molecule has 10 aromatic rings. The molecule has 3 heterocycles. The maximum atomic E-state index is 6.69. The van der Waals surface area contributed by atoms with Crippen LogP contribution in [0.5, 0.6) is 0 Å². The molecule has 0 amide bonds. The Morgan fingerprint density at radius 2 is 1.16 bits per heavy atom. The number of nitrogens with one attached hydrogen (secondary N) is 1. The van der Waals surface area contributed by atoms with Gasteiger partial charge >= 0.3 is 0 Å². The van der Waals surface area contributed by atoms with Crippen LogP contribution in [-0.2, 0) is 0 Å². The first-order valence-electron chi connectivity index (χ1n) is 18.9. The molecule has 0 spiro atoms. The lowest BCUT2D eigenvalue weighted by atomic mass is 9.93. The summed E-state index contributed by atoms with van der Waals surface area (Å²) in [5.74, 6) is 1.42. The van der Waals surface area contributed by atoms with E-state index >= 15 is 0 Å². The Morgan fingerprint density at radius 3 is 1.95 bits per heavy atom. The van der Waals surface area contributed by atoms with Gasteiger partial charge in [-0.3, -0.25) is 0 Å². The molecule has 8 aromatic carbocycles. The highest BCUT2D eigenvalue weighted by Crippen LogP contribution is 2.44. The second-order valence-electron chi connectivity index (χ2n) is 14.2. The standard InChI is InChI=1S/C51H34N4O/c1-5-16-33(17-6-1)36-28-29-40-44(31-36)55(38-22-11-4-12-23-38)43-26-15-25-39(47(40)43)42-30-37(32-46-48(42)41-24-13-14-27-45(41)56-46)51-53-49(34-18-7-2-8-19-34)52-50(54-51)35-20-9-3-10-21-35/h1-32,49H,(H,52,53,54). The molecule has 1 atom stereocenters. The van der Waals surface area contributed by atoms with E-state index in [-0.39, 0.29) is 6.17 Å². The van der Waals surface area contributed by atoms with E-state index in [2.05, 4.69) is 155 Å². The van der Waals surface area contributed by atoms with E-state index in [1.807, 2.05) is 48.5 Å². The van der Waals surface area contributed by atoms with Gasteiger partial charge in [0.15, 0.2) is 5.84 Å². The van der Waals surface area contributed by atoms with Crippen molar-refractivity contribution in [2.24, 2.45) is 9.98 Å². The Labute approximate surface area is 323 Å². The summed E-state index contributed by atoms with van der Waals surface area (Å²) in [7, 11) is 0. The number of aliphatic imine (C=N–C) groups is 2. The van der Waals surface area contributed by atoms with Crippen LogP contribution in [0.2, 0.25) is 0 Å². The van der Waals surface area contributed by atoms with Gasteiger partial charge in [0.05, 0.1) is 11.0 Å². The first kappa shape index (κ1) is 32.0. The number of hydrogen-bond acceptors (Lipinski definition) is 4. The summed E-state index contributed by atoms with van der Waals surface area (Å²) in [5, 5.41) is 8.21. The molecule has 5 heteroatoms. The number of fused-ring (bicyclic) bond motifs is 6. The van der Waals surface area contributed by atoms with Crippen molar-refractivity contribution in [2.45, 2.75) is 6.17 Å². The van der Waals surface area contributed by atoms with Crippen LogP contribution in [0.1, 0.15) is 22.9 Å². The van der Waals surface area contributed by atoms with Gasteiger partial charge in [-0.15, -0.1) is 0 Å². The number of aromatic nitrogens is 1. The molecule has 56 heavy (non-hydrogen) atoms. The molecule has 0 saturated carbocycles. The zero-order valence-corrected chi connectivity index (χ0v) is 30.3. The third-order valence-electron chi connectivity index (χ3n) is 10.8. The van der Waals surface area contributed by atoms with E-state index in [0.717, 1.165) is 72.3 Å². The highest BCUT2D eigenvalue weighted by atomic mass is 16.3. The van der Waals surface area contributed by atoms with Gasteiger partial charge in [0.1, 0.15) is 23.2 Å². The Kier molecular flexibility index (Phi) is 7.49. The summed E-state index contributed by atoms with van der Waals surface area (Å²) >= 11 is 0. The fraction of sp³-hybridized carbons (Fsp3) is 0.0196. The number of benzene rings is 8. The topological polar surface area (TPSA) is 54.8 Å². The van der Waals surface area contributed by atoms with Gasteiger partial charge in [-0.25, -0.2) is 9.98 Å². The van der Waals surface area contributed by atoms with Crippen molar-refractivity contribution in [1.29, 1.82) is 0 Å². The van der Waals surface area contributed by atoms with Crippen LogP contribution in [0.3, 0.4) is 0 Å². The van der Waals surface area contributed by atoms with Gasteiger partial charge in [-0.2, -0.15) is 0 Å². The number of furan rings is 1. The second kappa shape index (κ2) is 13.1. The summed E-state index contributed by atoms with van der Waals surface area (Å²) in [6, 6.07) is 68.1. The first-order chi connectivity index (χ1) is 27.8. The predicted octanol–water partition coefficient (Wildman–Crippen LogP) is 12.5. The highest BCUT2D eigenvalue weighted by Gasteiger charge is 2.25. The lowest BCUT2D eigenvalue weighted by Crippen LogP contribution is -2.33. The van der Waals surface area contributed by atoms with Crippen molar-refractivity contribution in [1.82, 2.24) is 9.88 Å². The molecule has 5 nitrogen and oxygen atoms in total. The van der Waals surface area contributed by atoms with E-state index in [0.29, 0.717) is 5.84 Å². The van der Waals surface area contributed by atoms with Crippen LogP contribution in [0.15, 0.2) is 209 Å². The molecule has 1 aliphatic heterocycles. The Morgan fingerprint density at radius 1 is 0.464 bits per heavy atom. The predicted molar refractivity (Wildman–Crippen MR) is 231 cm³/mol. The summed E-state index contributed by atoms with van der Waals surface area (Å²) in [6.07, 6.45) is -0.320. The molecule has 2 aromatic heterocycles. The van der Waals surface area contributed by atoms with Gasteiger partial charge in [-0.05, 0) is 70.3 Å². The minimum absolute atomic E-state index is 0.320. The summed E-state index contributed by atoms with van der Waals surface area (Å²) in [5.41, 5.74) is 12.6. The summed E-state index contributed by atoms with van der Waals surface area (Å²) < 4.78 is 9.09. The van der Waals surface area contributed by atoms with Gasteiger partial charge in [0, 0.05) is 38.4 Å². The SMILES string of the molecule is c1ccc(C2=NC(c3ccccc3)NC(c3cc(-c4cccc5c4c4ccc(-c6ccccc6)cc4n5-c4ccccc4)c4c(c3)oc3ccccc34)=N2)cc1. The quantitative estimate of drug-likeness (QED) is 0.186. The van der Waals surface area contributed by atoms with Crippen LogP contribution < -0.4 is 5.32 Å². The number of rotatable bonds is 6. The monoisotopic (exact) mass is 718 g/mol. The number of nitrogens with zero attached hydrogens (tertiary/aromatic N) is 3. The maximum absolute atomic E-state index is 6.69. The van der Waals surface area contributed by atoms with Gasteiger partial charge < -0.3 is 14.3 Å². The van der Waals surface area contributed by atoms with E-state index in [9.17, 15) is 0 Å². The second-order valence-corrected chi connectivity index (χ2v) is 14.2. The van der Waals surface area contributed by atoms with Crippen LogP contribution in [0.4, 0.5) is 0 Å². The van der Waals surface area contributed by atoms with Crippen molar-refractivity contribution in [2.75, 3.05) is 0 Å². The molecule has 1 unspecified atom stereocenters.